The molecule has 2 aromatic rings. The molecule has 2 aliphatic rings. The van der Waals surface area contributed by atoms with Crippen molar-refractivity contribution in [2.24, 2.45) is 0 Å². The second-order valence-corrected chi connectivity index (χ2v) is 7.87. The Balaban J connectivity index is 1.33. The summed E-state index contributed by atoms with van der Waals surface area (Å²) in [7, 11) is 1.60. The fourth-order valence-corrected chi connectivity index (χ4v) is 3.98. The zero-order valence-corrected chi connectivity index (χ0v) is 18.0. The van der Waals surface area contributed by atoms with Gasteiger partial charge >= 0.3 is 6.03 Å². The van der Waals surface area contributed by atoms with Gasteiger partial charge in [-0.3, -0.25) is 0 Å². The van der Waals surface area contributed by atoms with E-state index in [1.165, 1.54) is 12.8 Å². The highest BCUT2D eigenvalue weighted by Gasteiger charge is 2.25. The van der Waals surface area contributed by atoms with E-state index in [2.05, 4.69) is 15.2 Å². The molecule has 1 N–H and O–H groups in total. The van der Waals surface area contributed by atoms with Crippen molar-refractivity contribution in [1.29, 1.82) is 0 Å². The molecule has 8 nitrogen and oxygen atoms in total. The highest BCUT2D eigenvalue weighted by Crippen LogP contribution is 2.30. The van der Waals surface area contributed by atoms with Gasteiger partial charge in [0.25, 0.3) is 0 Å². The van der Waals surface area contributed by atoms with Crippen molar-refractivity contribution in [3.05, 3.63) is 42.6 Å². The van der Waals surface area contributed by atoms with Gasteiger partial charge < -0.3 is 29.3 Å². The minimum Gasteiger partial charge on any atom is -0.493 e. The molecule has 1 unspecified atom stereocenters. The minimum atomic E-state index is -0.128. The molecule has 0 radical (unpaired) electrons. The Labute approximate surface area is 183 Å². The van der Waals surface area contributed by atoms with Gasteiger partial charge in [0.15, 0.2) is 11.5 Å². The van der Waals surface area contributed by atoms with Crippen LogP contribution in [0.5, 0.6) is 17.4 Å². The average molecular weight is 427 g/mol. The standard InChI is InChI=1S/C23H30N4O4/c1-29-20-7-2-3-8-21(20)31-22-10-9-18(15-24-22)25-23(28)27-13-6-14-30-19(17-27)16-26-11-4-5-12-26/h2-3,7-10,15,19H,4-6,11-14,16-17H2,1H3,(H,25,28). The molecule has 166 valence electrons. The van der Waals surface area contributed by atoms with E-state index in [0.717, 1.165) is 26.1 Å². The molecule has 0 spiro atoms. The molecule has 2 aliphatic heterocycles. The van der Waals surface area contributed by atoms with E-state index in [0.29, 0.717) is 42.8 Å². The Morgan fingerprint density at radius 2 is 1.94 bits per heavy atom. The lowest BCUT2D eigenvalue weighted by molar-refractivity contribution is 0.0355. The van der Waals surface area contributed by atoms with Gasteiger partial charge in [-0.05, 0) is 50.6 Å². The summed E-state index contributed by atoms with van der Waals surface area (Å²) in [6, 6.07) is 10.8. The number of para-hydroxylation sites is 2. The second-order valence-electron chi connectivity index (χ2n) is 7.87. The average Bonchev–Trinajstić information content (AvgIpc) is 3.19. The van der Waals surface area contributed by atoms with Gasteiger partial charge in [0.2, 0.25) is 5.88 Å². The van der Waals surface area contributed by atoms with Crippen molar-refractivity contribution >= 4 is 11.7 Å². The van der Waals surface area contributed by atoms with Crippen molar-refractivity contribution in [2.75, 3.05) is 51.8 Å². The van der Waals surface area contributed by atoms with E-state index < -0.39 is 0 Å². The number of methoxy groups -OCH3 is 1. The predicted octanol–water partition coefficient (Wildman–Crippen LogP) is 3.60. The number of likely N-dealkylation sites (tertiary alicyclic amines) is 1. The second kappa shape index (κ2) is 10.5. The molecule has 4 rings (SSSR count). The molecular weight excluding hydrogens is 396 g/mol. The molecule has 3 heterocycles. The number of nitrogens with zero attached hydrogens (tertiary/aromatic N) is 3. The number of ether oxygens (including phenoxy) is 3. The van der Waals surface area contributed by atoms with Crippen molar-refractivity contribution in [3.63, 3.8) is 0 Å². The molecule has 2 saturated heterocycles. The number of pyridine rings is 1. The van der Waals surface area contributed by atoms with Crippen LogP contribution < -0.4 is 14.8 Å². The first-order valence-corrected chi connectivity index (χ1v) is 10.9. The number of benzene rings is 1. The Hall–Kier alpha value is -2.84. The quantitative estimate of drug-likeness (QED) is 0.761. The first-order valence-electron chi connectivity index (χ1n) is 10.9. The summed E-state index contributed by atoms with van der Waals surface area (Å²) < 4.78 is 17.1. The molecule has 2 amide bonds. The number of hydrogen-bond donors (Lipinski definition) is 1. The Kier molecular flexibility index (Phi) is 7.22. The molecule has 8 heteroatoms. The lowest BCUT2D eigenvalue weighted by Crippen LogP contribution is -2.43. The minimum absolute atomic E-state index is 0.0566. The summed E-state index contributed by atoms with van der Waals surface area (Å²) in [5.74, 6) is 1.65. The number of amides is 2. The molecule has 1 aromatic carbocycles. The molecule has 0 bridgehead atoms. The summed E-state index contributed by atoms with van der Waals surface area (Å²) in [5.41, 5.74) is 0.624. The van der Waals surface area contributed by atoms with Crippen LogP contribution in [0.2, 0.25) is 0 Å². The summed E-state index contributed by atoms with van der Waals surface area (Å²) in [6.45, 7) is 5.12. The van der Waals surface area contributed by atoms with Gasteiger partial charge in [0.05, 0.1) is 25.1 Å². The van der Waals surface area contributed by atoms with Gasteiger partial charge in [0.1, 0.15) is 0 Å². The third-order valence-corrected chi connectivity index (χ3v) is 5.57. The number of nitrogens with one attached hydrogen (secondary N) is 1. The molecule has 0 saturated carbocycles. The van der Waals surface area contributed by atoms with Gasteiger partial charge in [-0.1, -0.05) is 12.1 Å². The third kappa shape index (κ3) is 5.86. The maximum Gasteiger partial charge on any atom is 0.321 e. The topological polar surface area (TPSA) is 76.2 Å². The Bertz CT molecular complexity index is 855. The molecule has 1 atom stereocenters. The largest absolute Gasteiger partial charge is 0.493 e. The van der Waals surface area contributed by atoms with E-state index in [1.54, 1.807) is 25.4 Å². The number of anilines is 1. The Morgan fingerprint density at radius 1 is 1.13 bits per heavy atom. The first kappa shape index (κ1) is 21.4. The van der Waals surface area contributed by atoms with Crippen LogP contribution in [0.1, 0.15) is 19.3 Å². The number of carbonyl (C=O) groups is 1. The lowest BCUT2D eigenvalue weighted by atomic mass is 10.3. The van der Waals surface area contributed by atoms with Crippen molar-refractivity contribution in [2.45, 2.75) is 25.4 Å². The molecule has 1 aromatic heterocycles. The van der Waals surface area contributed by atoms with Crippen LogP contribution in [0.25, 0.3) is 0 Å². The van der Waals surface area contributed by atoms with E-state index in [-0.39, 0.29) is 12.1 Å². The van der Waals surface area contributed by atoms with Crippen molar-refractivity contribution in [1.82, 2.24) is 14.8 Å². The van der Waals surface area contributed by atoms with Crippen LogP contribution in [-0.2, 0) is 4.74 Å². The lowest BCUT2D eigenvalue weighted by Gasteiger charge is -2.27. The zero-order chi connectivity index (χ0) is 21.5. The van der Waals surface area contributed by atoms with E-state index >= 15 is 0 Å². The highest BCUT2D eigenvalue weighted by atomic mass is 16.5. The van der Waals surface area contributed by atoms with Crippen LogP contribution in [-0.4, -0.2) is 73.4 Å². The van der Waals surface area contributed by atoms with E-state index in [4.69, 9.17) is 14.2 Å². The number of rotatable bonds is 6. The summed E-state index contributed by atoms with van der Waals surface area (Å²) in [6.07, 6.45) is 4.99. The summed E-state index contributed by atoms with van der Waals surface area (Å²) in [4.78, 5) is 21.4. The van der Waals surface area contributed by atoms with Crippen LogP contribution in [0.15, 0.2) is 42.6 Å². The number of aromatic nitrogens is 1. The maximum absolute atomic E-state index is 12.8. The highest BCUT2D eigenvalue weighted by molar-refractivity contribution is 5.89. The normalized spacial score (nSPS) is 19.6. The Morgan fingerprint density at radius 3 is 2.68 bits per heavy atom. The maximum atomic E-state index is 12.8. The van der Waals surface area contributed by atoms with Crippen LogP contribution in [0, 0.1) is 0 Å². The van der Waals surface area contributed by atoms with Crippen LogP contribution in [0.3, 0.4) is 0 Å². The van der Waals surface area contributed by atoms with Gasteiger partial charge in [-0.2, -0.15) is 0 Å². The zero-order valence-electron chi connectivity index (χ0n) is 18.0. The summed E-state index contributed by atoms with van der Waals surface area (Å²) in [5, 5.41) is 2.94. The number of hydrogen-bond acceptors (Lipinski definition) is 6. The fourth-order valence-electron chi connectivity index (χ4n) is 3.98. The molecule has 2 fully saturated rings. The van der Waals surface area contributed by atoms with Gasteiger partial charge in [-0.25, -0.2) is 9.78 Å². The van der Waals surface area contributed by atoms with Crippen LogP contribution >= 0.6 is 0 Å². The van der Waals surface area contributed by atoms with Gasteiger partial charge in [0, 0.05) is 32.3 Å². The van der Waals surface area contributed by atoms with E-state index in [9.17, 15) is 4.79 Å². The van der Waals surface area contributed by atoms with Crippen molar-refractivity contribution in [3.8, 4) is 17.4 Å². The monoisotopic (exact) mass is 426 g/mol. The number of carbonyl (C=O) groups excluding carboxylic acids is 1. The number of urea groups is 1. The molecule has 31 heavy (non-hydrogen) atoms. The first-order chi connectivity index (χ1) is 15.2. The summed E-state index contributed by atoms with van der Waals surface area (Å²) >= 11 is 0. The van der Waals surface area contributed by atoms with E-state index in [1.807, 2.05) is 29.2 Å². The van der Waals surface area contributed by atoms with Crippen molar-refractivity contribution < 1.29 is 19.0 Å². The smallest absolute Gasteiger partial charge is 0.321 e. The van der Waals surface area contributed by atoms with Gasteiger partial charge in [-0.15, -0.1) is 0 Å². The fraction of sp³-hybridized carbons (Fsp3) is 0.478. The van der Waals surface area contributed by atoms with Crippen LogP contribution in [0.4, 0.5) is 10.5 Å². The SMILES string of the molecule is COc1ccccc1Oc1ccc(NC(=O)N2CCCOC(CN3CCCC3)C2)cn1. The molecular formula is C23H30N4O4. The molecule has 0 aliphatic carbocycles. The third-order valence-electron chi connectivity index (χ3n) is 5.57. The predicted molar refractivity (Wildman–Crippen MR) is 118 cm³/mol.